The molecule has 0 spiro atoms. The number of pyridine rings is 1. The van der Waals surface area contributed by atoms with E-state index in [1.54, 1.807) is 6.07 Å². The van der Waals surface area contributed by atoms with E-state index in [1.165, 1.54) is 12.3 Å². The van der Waals surface area contributed by atoms with E-state index in [1.807, 2.05) is 0 Å². The molecule has 5 nitrogen and oxygen atoms in total. The van der Waals surface area contributed by atoms with Crippen LogP contribution in [0.5, 0.6) is 5.88 Å². The summed E-state index contributed by atoms with van der Waals surface area (Å²) in [5, 5.41) is 12.0. The Kier molecular flexibility index (Phi) is 4.52. The van der Waals surface area contributed by atoms with E-state index in [0.717, 1.165) is 19.5 Å². The van der Waals surface area contributed by atoms with Gasteiger partial charge in [-0.15, -0.1) is 12.4 Å². The van der Waals surface area contributed by atoms with Gasteiger partial charge >= 0.3 is 5.97 Å². The molecule has 2 N–H and O–H groups in total. The summed E-state index contributed by atoms with van der Waals surface area (Å²) in [6, 6.07) is 3.08. The summed E-state index contributed by atoms with van der Waals surface area (Å²) in [6.07, 6.45) is 2.44. The number of ether oxygens (including phenoxy) is 1. The van der Waals surface area contributed by atoms with Crippen LogP contribution in [0.4, 0.5) is 0 Å². The highest BCUT2D eigenvalue weighted by atomic mass is 35.5. The molecular formula is C10H13ClN2O3. The largest absolute Gasteiger partial charge is 0.477 e. The fraction of sp³-hybridized carbons (Fsp3) is 0.400. The summed E-state index contributed by atoms with van der Waals surface area (Å²) >= 11 is 0. The summed E-state index contributed by atoms with van der Waals surface area (Å²) in [5.74, 6) is -0.803. The average molecular weight is 245 g/mol. The van der Waals surface area contributed by atoms with Gasteiger partial charge in [0.25, 0.3) is 0 Å². The van der Waals surface area contributed by atoms with Gasteiger partial charge in [-0.1, -0.05) is 0 Å². The maximum atomic E-state index is 10.9. The third-order valence-electron chi connectivity index (χ3n) is 2.29. The van der Waals surface area contributed by atoms with Crippen LogP contribution in [0.3, 0.4) is 0 Å². The normalized spacial score (nSPS) is 18.9. The van der Waals surface area contributed by atoms with Crippen LogP contribution in [-0.4, -0.2) is 35.3 Å². The minimum absolute atomic E-state index is 0. The van der Waals surface area contributed by atoms with Crippen molar-refractivity contribution in [1.29, 1.82) is 0 Å². The van der Waals surface area contributed by atoms with E-state index in [-0.39, 0.29) is 30.0 Å². The molecule has 1 aliphatic heterocycles. The van der Waals surface area contributed by atoms with Gasteiger partial charge in [0.2, 0.25) is 5.88 Å². The predicted molar refractivity (Wildman–Crippen MR) is 60.3 cm³/mol. The molecule has 1 atom stereocenters. The second-order valence-electron chi connectivity index (χ2n) is 3.39. The molecule has 2 heterocycles. The summed E-state index contributed by atoms with van der Waals surface area (Å²) in [4.78, 5) is 14.8. The maximum Gasteiger partial charge on any atom is 0.341 e. The molecule has 1 aromatic heterocycles. The zero-order valence-electron chi connectivity index (χ0n) is 8.55. The molecule has 1 saturated heterocycles. The number of aromatic nitrogens is 1. The molecule has 6 heteroatoms. The third kappa shape index (κ3) is 2.84. The van der Waals surface area contributed by atoms with Crippen LogP contribution in [0, 0.1) is 0 Å². The standard InChI is InChI=1S/C10H12N2O3.ClH/c13-10(14)8-2-1-4-12-9(8)15-7-3-5-11-6-7;/h1-2,4,7,11H,3,5-6H2,(H,13,14);1H. The van der Waals surface area contributed by atoms with E-state index in [0.29, 0.717) is 0 Å². The van der Waals surface area contributed by atoms with Gasteiger partial charge in [0, 0.05) is 12.7 Å². The van der Waals surface area contributed by atoms with Crippen molar-refractivity contribution in [2.24, 2.45) is 0 Å². The molecule has 1 fully saturated rings. The minimum Gasteiger partial charge on any atom is -0.477 e. The first-order chi connectivity index (χ1) is 7.27. The van der Waals surface area contributed by atoms with Crippen molar-refractivity contribution >= 4 is 18.4 Å². The lowest BCUT2D eigenvalue weighted by Gasteiger charge is -2.12. The van der Waals surface area contributed by atoms with Crippen LogP contribution in [-0.2, 0) is 0 Å². The van der Waals surface area contributed by atoms with Gasteiger partial charge in [0.1, 0.15) is 11.7 Å². The number of rotatable bonds is 3. The number of carboxylic acids is 1. The van der Waals surface area contributed by atoms with Gasteiger partial charge in [0.05, 0.1) is 0 Å². The highest BCUT2D eigenvalue weighted by Crippen LogP contribution is 2.17. The van der Waals surface area contributed by atoms with Gasteiger partial charge in [-0.3, -0.25) is 0 Å². The van der Waals surface area contributed by atoms with Crippen LogP contribution in [0.1, 0.15) is 16.8 Å². The Hall–Kier alpha value is -1.33. The average Bonchev–Trinajstić information content (AvgIpc) is 2.71. The topological polar surface area (TPSA) is 71.5 Å². The summed E-state index contributed by atoms with van der Waals surface area (Å²) in [6.45, 7) is 1.65. The monoisotopic (exact) mass is 244 g/mol. The molecule has 0 amide bonds. The van der Waals surface area contributed by atoms with Crippen molar-refractivity contribution in [1.82, 2.24) is 10.3 Å². The van der Waals surface area contributed by atoms with Crippen molar-refractivity contribution in [3.05, 3.63) is 23.9 Å². The quantitative estimate of drug-likeness (QED) is 0.828. The lowest BCUT2D eigenvalue weighted by molar-refractivity contribution is 0.0688. The van der Waals surface area contributed by atoms with E-state index < -0.39 is 5.97 Å². The van der Waals surface area contributed by atoms with Crippen molar-refractivity contribution < 1.29 is 14.6 Å². The van der Waals surface area contributed by atoms with Gasteiger partial charge in [-0.25, -0.2) is 9.78 Å². The summed E-state index contributed by atoms with van der Waals surface area (Å²) < 4.78 is 5.51. The van der Waals surface area contributed by atoms with E-state index in [9.17, 15) is 4.79 Å². The molecule has 16 heavy (non-hydrogen) atoms. The van der Waals surface area contributed by atoms with Crippen LogP contribution in [0.25, 0.3) is 0 Å². The number of nitrogens with one attached hydrogen (secondary N) is 1. The summed E-state index contributed by atoms with van der Waals surface area (Å²) in [7, 11) is 0. The van der Waals surface area contributed by atoms with E-state index in [4.69, 9.17) is 9.84 Å². The third-order valence-corrected chi connectivity index (χ3v) is 2.29. The van der Waals surface area contributed by atoms with Gasteiger partial charge in [-0.2, -0.15) is 0 Å². The predicted octanol–water partition coefficient (Wildman–Crippen LogP) is 0.942. The molecule has 2 rings (SSSR count). The summed E-state index contributed by atoms with van der Waals surface area (Å²) in [5.41, 5.74) is 0.115. The Morgan fingerprint density at radius 2 is 2.44 bits per heavy atom. The Labute approximate surface area is 99.2 Å². The van der Waals surface area contributed by atoms with Gasteiger partial charge in [-0.05, 0) is 25.1 Å². The number of aromatic carboxylic acids is 1. The Morgan fingerprint density at radius 1 is 1.62 bits per heavy atom. The lowest BCUT2D eigenvalue weighted by Crippen LogP contribution is -2.21. The second-order valence-corrected chi connectivity index (χ2v) is 3.39. The van der Waals surface area contributed by atoms with Gasteiger partial charge < -0.3 is 15.2 Å². The zero-order valence-corrected chi connectivity index (χ0v) is 9.37. The molecular weight excluding hydrogens is 232 g/mol. The number of nitrogens with zero attached hydrogens (tertiary/aromatic N) is 1. The van der Waals surface area contributed by atoms with E-state index in [2.05, 4.69) is 10.3 Å². The molecule has 0 aliphatic carbocycles. The molecule has 0 aromatic carbocycles. The van der Waals surface area contributed by atoms with Crippen LogP contribution < -0.4 is 10.1 Å². The fourth-order valence-corrected chi connectivity index (χ4v) is 1.53. The first-order valence-corrected chi connectivity index (χ1v) is 4.83. The molecule has 1 unspecified atom stereocenters. The highest BCUT2D eigenvalue weighted by molar-refractivity contribution is 5.90. The highest BCUT2D eigenvalue weighted by Gasteiger charge is 2.20. The van der Waals surface area contributed by atoms with Crippen molar-refractivity contribution in [3.8, 4) is 5.88 Å². The van der Waals surface area contributed by atoms with Crippen molar-refractivity contribution in [2.45, 2.75) is 12.5 Å². The molecule has 1 aromatic rings. The SMILES string of the molecule is Cl.O=C(O)c1cccnc1OC1CCNC1. The van der Waals surface area contributed by atoms with Gasteiger partial charge in [0.15, 0.2) is 0 Å². The number of hydrogen-bond acceptors (Lipinski definition) is 4. The number of hydrogen-bond donors (Lipinski definition) is 2. The van der Waals surface area contributed by atoms with Crippen LogP contribution in [0.2, 0.25) is 0 Å². The lowest BCUT2D eigenvalue weighted by atomic mass is 10.2. The molecule has 0 bridgehead atoms. The Balaban J connectivity index is 0.00000128. The van der Waals surface area contributed by atoms with Crippen molar-refractivity contribution in [2.75, 3.05) is 13.1 Å². The van der Waals surface area contributed by atoms with E-state index >= 15 is 0 Å². The Bertz CT molecular complexity index is 367. The fourth-order valence-electron chi connectivity index (χ4n) is 1.53. The molecule has 0 saturated carbocycles. The second kappa shape index (κ2) is 5.67. The zero-order chi connectivity index (χ0) is 10.7. The van der Waals surface area contributed by atoms with Crippen LogP contribution in [0.15, 0.2) is 18.3 Å². The first-order valence-electron chi connectivity index (χ1n) is 4.83. The molecule has 1 aliphatic rings. The molecule has 88 valence electrons. The minimum atomic E-state index is -1.01. The maximum absolute atomic E-state index is 10.9. The number of carbonyl (C=O) groups is 1. The van der Waals surface area contributed by atoms with Crippen LogP contribution >= 0.6 is 12.4 Å². The number of halogens is 1. The Morgan fingerprint density at radius 3 is 3.06 bits per heavy atom. The number of carboxylic acid groups (broad SMARTS) is 1. The smallest absolute Gasteiger partial charge is 0.341 e. The van der Waals surface area contributed by atoms with Crippen molar-refractivity contribution in [3.63, 3.8) is 0 Å². The molecule has 0 radical (unpaired) electrons. The first kappa shape index (κ1) is 12.7.